The molecule has 114 valence electrons. The lowest BCUT2D eigenvalue weighted by Gasteiger charge is -2.33. The number of nitrogens with one attached hydrogen (secondary N) is 1. The predicted molar refractivity (Wildman–Crippen MR) is 93.4 cm³/mol. The molecule has 1 saturated heterocycles. The molecule has 2 atom stereocenters. The van der Waals surface area contributed by atoms with Crippen molar-refractivity contribution in [3.63, 3.8) is 0 Å². The molecule has 0 spiro atoms. The molecular weight excluding hydrogens is 296 g/mol. The van der Waals surface area contributed by atoms with Gasteiger partial charge in [-0.05, 0) is 49.3 Å². The topological polar surface area (TPSA) is 15.3 Å². The van der Waals surface area contributed by atoms with Crippen molar-refractivity contribution in [3.05, 3.63) is 44.8 Å². The summed E-state index contributed by atoms with van der Waals surface area (Å²) in [5, 5.41) is 8.20. The molecule has 2 aromatic heterocycles. The van der Waals surface area contributed by atoms with E-state index in [1.807, 2.05) is 22.7 Å². The van der Waals surface area contributed by atoms with Gasteiger partial charge in [-0.1, -0.05) is 18.6 Å². The number of hydrogen-bond acceptors (Lipinski definition) is 4. The van der Waals surface area contributed by atoms with Crippen LogP contribution in [0, 0.1) is 0 Å². The van der Waals surface area contributed by atoms with Crippen molar-refractivity contribution < 1.29 is 0 Å². The Morgan fingerprint density at radius 1 is 1.24 bits per heavy atom. The van der Waals surface area contributed by atoms with E-state index in [9.17, 15) is 0 Å². The monoisotopic (exact) mass is 320 g/mol. The number of likely N-dealkylation sites (tertiary alicyclic amines) is 1. The Bertz CT molecular complexity index is 507. The van der Waals surface area contributed by atoms with E-state index in [0.29, 0.717) is 12.1 Å². The molecule has 1 N–H and O–H groups in total. The lowest BCUT2D eigenvalue weighted by molar-refractivity contribution is 0.178. The number of likely N-dealkylation sites (N-methyl/N-ethyl adjacent to an activating group) is 1. The van der Waals surface area contributed by atoms with Gasteiger partial charge in [-0.25, -0.2) is 0 Å². The molecule has 0 bridgehead atoms. The fourth-order valence-corrected chi connectivity index (χ4v) is 4.63. The van der Waals surface area contributed by atoms with Crippen LogP contribution >= 0.6 is 22.7 Å². The second kappa shape index (κ2) is 7.54. The fraction of sp³-hybridized carbons (Fsp3) is 0.529. The normalized spacial score (nSPS) is 21.5. The van der Waals surface area contributed by atoms with Crippen LogP contribution < -0.4 is 5.32 Å². The summed E-state index contributed by atoms with van der Waals surface area (Å²) in [7, 11) is 2.27. The van der Waals surface area contributed by atoms with Gasteiger partial charge < -0.3 is 10.2 Å². The van der Waals surface area contributed by atoms with Gasteiger partial charge in [-0.3, -0.25) is 0 Å². The van der Waals surface area contributed by atoms with Gasteiger partial charge >= 0.3 is 0 Å². The molecule has 0 aromatic carbocycles. The zero-order chi connectivity index (χ0) is 14.5. The lowest BCUT2D eigenvalue weighted by atomic mass is 10.0. The number of rotatable bonds is 6. The first kappa shape index (κ1) is 15.2. The van der Waals surface area contributed by atoms with E-state index < -0.39 is 0 Å². The molecule has 3 heterocycles. The van der Waals surface area contributed by atoms with Gasteiger partial charge in [0, 0.05) is 34.8 Å². The smallest absolute Gasteiger partial charge is 0.0464 e. The highest BCUT2D eigenvalue weighted by Gasteiger charge is 2.21. The van der Waals surface area contributed by atoms with Gasteiger partial charge in [-0.2, -0.15) is 0 Å². The molecule has 2 nitrogen and oxygen atoms in total. The van der Waals surface area contributed by atoms with E-state index in [1.54, 1.807) is 0 Å². The maximum absolute atomic E-state index is 3.84. The fourth-order valence-electron chi connectivity index (χ4n) is 3.07. The van der Waals surface area contributed by atoms with Gasteiger partial charge in [0.2, 0.25) is 0 Å². The van der Waals surface area contributed by atoms with Gasteiger partial charge in [0.25, 0.3) is 0 Å². The predicted octanol–water partition coefficient (Wildman–Crippen LogP) is 4.17. The van der Waals surface area contributed by atoms with Crippen LogP contribution in [0.2, 0.25) is 0 Å². The first-order valence-electron chi connectivity index (χ1n) is 7.82. The molecule has 0 radical (unpaired) electrons. The largest absolute Gasteiger partial charge is 0.307 e. The average Bonchev–Trinajstić information content (AvgIpc) is 3.18. The molecule has 0 saturated carbocycles. The van der Waals surface area contributed by atoms with Crippen LogP contribution in [0.5, 0.6) is 0 Å². The van der Waals surface area contributed by atoms with Crippen molar-refractivity contribution in [2.24, 2.45) is 0 Å². The Labute approximate surface area is 135 Å². The minimum absolute atomic E-state index is 0.457. The summed E-state index contributed by atoms with van der Waals surface area (Å²) in [4.78, 5) is 5.45. The molecule has 4 heteroatoms. The summed E-state index contributed by atoms with van der Waals surface area (Å²) >= 11 is 3.73. The molecular formula is C17H24N2S2. The average molecular weight is 321 g/mol. The van der Waals surface area contributed by atoms with E-state index in [0.717, 1.165) is 13.0 Å². The Balaban J connectivity index is 1.62. The number of piperidine rings is 1. The van der Waals surface area contributed by atoms with Gasteiger partial charge in [0.05, 0.1) is 0 Å². The van der Waals surface area contributed by atoms with Crippen molar-refractivity contribution in [1.82, 2.24) is 10.2 Å². The van der Waals surface area contributed by atoms with Crippen LogP contribution in [0.3, 0.4) is 0 Å². The number of hydrogen-bond donors (Lipinski definition) is 1. The number of thiophene rings is 2. The first-order valence-corrected chi connectivity index (χ1v) is 9.58. The van der Waals surface area contributed by atoms with Crippen molar-refractivity contribution in [2.45, 2.75) is 37.8 Å². The Kier molecular flexibility index (Phi) is 5.47. The Morgan fingerprint density at radius 2 is 2.10 bits per heavy atom. The maximum Gasteiger partial charge on any atom is 0.0464 e. The SMILES string of the molecule is CN1CCCCC1CNC(Cc1cccs1)c1cccs1. The summed E-state index contributed by atoms with van der Waals surface area (Å²) in [6.07, 6.45) is 5.18. The van der Waals surface area contributed by atoms with E-state index in [2.05, 4.69) is 52.3 Å². The highest BCUT2D eigenvalue weighted by Crippen LogP contribution is 2.25. The zero-order valence-electron chi connectivity index (χ0n) is 12.6. The zero-order valence-corrected chi connectivity index (χ0v) is 14.3. The number of nitrogens with zero attached hydrogens (tertiary/aromatic N) is 1. The molecule has 3 rings (SSSR count). The summed E-state index contributed by atoms with van der Waals surface area (Å²) in [6, 6.07) is 9.99. The molecule has 21 heavy (non-hydrogen) atoms. The second-order valence-corrected chi connectivity index (χ2v) is 7.90. The summed E-state index contributed by atoms with van der Waals surface area (Å²) in [5.41, 5.74) is 0. The molecule has 2 aromatic rings. The highest BCUT2D eigenvalue weighted by molar-refractivity contribution is 7.10. The minimum atomic E-state index is 0.457. The van der Waals surface area contributed by atoms with Crippen LogP contribution in [0.15, 0.2) is 35.0 Å². The molecule has 1 aliphatic rings. The molecule has 2 unspecified atom stereocenters. The lowest BCUT2D eigenvalue weighted by Crippen LogP contribution is -2.44. The van der Waals surface area contributed by atoms with Crippen LogP contribution in [-0.4, -0.2) is 31.1 Å². The summed E-state index contributed by atoms with van der Waals surface area (Å²) in [5.74, 6) is 0. The van der Waals surface area contributed by atoms with Gasteiger partial charge in [0.15, 0.2) is 0 Å². The Morgan fingerprint density at radius 3 is 2.81 bits per heavy atom. The quantitative estimate of drug-likeness (QED) is 0.859. The van der Waals surface area contributed by atoms with E-state index in [-0.39, 0.29) is 0 Å². The minimum Gasteiger partial charge on any atom is -0.307 e. The molecule has 0 aliphatic carbocycles. The van der Waals surface area contributed by atoms with Crippen LogP contribution in [0.4, 0.5) is 0 Å². The van der Waals surface area contributed by atoms with Gasteiger partial charge in [0.1, 0.15) is 0 Å². The van der Waals surface area contributed by atoms with E-state index in [4.69, 9.17) is 0 Å². The molecule has 1 aliphatic heterocycles. The standard InChI is InChI=1S/C17H24N2S2/c1-19-9-3-2-6-14(19)13-18-16(17-8-5-11-21-17)12-15-7-4-10-20-15/h4-5,7-8,10-11,14,16,18H,2-3,6,9,12-13H2,1H3. The molecule has 0 amide bonds. The third-order valence-corrected chi connectivity index (χ3v) is 6.28. The Hall–Kier alpha value is -0.680. The third kappa shape index (κ3) is 4.16. The second-order valence-electron chi connectivity index (χ2n) is 5.89. The van der Waals surface area contributed by atoms with Crippen molar-refractivity contribution in [1.29, 1.82) is 0 Å². The van der Waals surface area contributed by atoms with Crippen LogP contribution in [0.1, 0.15) is 35.1 Å². The van der Waals surface area contributed by atoms with Crippen molar-refractivity contribution >= 4 is 22.7 Å². The van der Waals surface area contributed by atoms with Crippen molar-refractivity contribution in [3.8, 4) is 0 Å². The summed E-state index contributed by atoms with van der Waals surface area (Å²) in [6.45, 7) is 2.35. The summed E-state index contributed by atoms with van der Waals surface area (Å²) < 4.78 is 0. The van der Waals surface area contributed by atoms with Crippen LogP contribution in [-0.2, 0) is 6.42 Å². The first-order chi connectivity index (χ1) is 10.3. The van der Waals surface area contributed by atoms with Crippen molar-refractivity contribution in [2.75, 3.05) is 20.1 Å². The highest BCUT2D eigenvalue weighted by atomic mass is 32.1. The van der Waals surface area contributed by atoms with Gasteiger partial charge in [-0.15, -0.1) is 22.7 Å². The third-order valence-electron chi connectivity index (χ3n) is 4.39. The van der Waals surface area contributed by atoms with E-state index >= 15 is 0 Å². The maximum atomic E-state index is 3.84. The van der Waals surface area contributed by atoms with Crippen LogP contribution in [0.25, 0.3) is 0 Å². The molecule has 1 fully saturated rings. The van der Waals surface area contributed by atoms with E-state index in [1.165, 1.54) is 35.6 Å².